The van der Waals surface area contributed by atoms with E-state index in [0.717, 1.165) is 16.4 Å². The number of nitrogens with zero attached hydrogens (tertiary/aromatic N) is 1. The number of benzene rings is 1. The Morgan fingerprint density at radius 2 is 2.09 bits per heavy atom. The number of rotatable bonds is 6. The second-order valence-corrected chi connectivity index (χ2v) is 7.12. The minimum atomic E-state index is -0.352. The smallest absolute Gasteiger partial charge is 0.238 e. The standard InChI is InChI=1S/C17H23N3O2S/c1-11-12(2)23-16(19-11)17(3,4)18-10-15(21)20-13-7-6-8-14(9-13)22-5/h6-9,18H,10H2,1-5H3,(H,20,21). The van der Waals surface area contributed by atoms with Crippen LogP contribution in [0.5, 0.6) is 5.75 Å². The summed E-state index contributed by atoms with van der Waals surface area (Å²) in [6, 6.07) is 7.30. The average molecular weight is 333 g/mol. The molecule has 5 nitrogen and oxygen atoms in total. The molecule has 0 atom stereocenters. The molecule has 2 rings (SSSR count). The quantitative estimate of drug-likeness (QED) is 0.852. The van der Waals surface area contributed by atoms with Gasteiger partial charge in [0.15, 0.2) is 0 Å². The number of hydrogen-bond donors (Lipinski definition) is 2. The van der Waals surface area contributed by atoms with Crippen LogP contribution in [0.2, 0.25) is 0 Å². The molecule has 0 saturated heterocycles. The summed E-state index contributed by atoms with van der Waals surface area (Å²) in [4.78, 5) is 17.9. The first kappa shape index (κ1) is 17.4. The topological polar surface area (TPSA) is 63.2 Å². The van der Waals surface area contributed by atoms with Gasteiger partial charge in [-0.1, -0.05) is 6.07 Å². The van der Waals surface area contributed by atoms with Crippen LogP contribution in [0.25, 0.3) is 0 Å². The number of aromatic nitrogens is 1. The highest BCUT2D eigenvalue weighted by Crippen LogP contribution is 2.27. The molecule has 1 aromatic heterocycles. The lowest BCUT2D eigenvalue weighted by molar-refractivity contribution is -0.115. The lowest BCUT2D eigenvalue weighted by Gasteiger charge is -2.23. The summed E-state index contributed by atoms with van der Waals surface area (Å²) in [5.41, 5.74) is 1.41. The molecule has 2 aromatic rings. The largest absolute Gasteiger partial charge is 0.497 e. The highest BCUT2D eigenvalue weighted by Gasteiger charge is 2.25. The Bertz CT molecular complexity index is 675. The maximum Gasteiger partial charge on any atom is 0.238 e. The third kappa shape index (κ3) is 4.53. The van der Waals surface area contributed by atoms with Gasteiger partial charge in [0.05, 0.1) is 24.9 Å². The Kier molecular flexibility index (Phi) is 5.38. The van der Waals surface area contributed by atoms with Gasteiger partial charge in [-0.3, -0.25) is 10.1 Å². The van der Waals surface area contributed by atoms with Gasteiger partial charge in [-0.2, -0.15) is 0 Å². The van der Waals surface area contributed by atoms with Crippen molar-refractivity contribution in [1.82, 2.24) is 10.3 Å². The highest BCUT2D eigenvalue weighted by molar-refractivity contribution is 7.11. The van der Waals surface area contributed by atoms with E-state index in [1.54, 1.807) is 24.5 Å². The van der Waals surface area contributed by atoms with Gasteiger partial charge < -0.3 is 10.1 Å². The van der Waals surface area contributed by atoms with Crippen molar-refractivity contribution in [2.75, 3.05) is 19.0 Å². The predicted octanol–water partition coefficient (Wildman–Crippen LogP) is 3.23. The molecule has 2 N–H and O–H groups in total. The summed E-state index contributed by atoms with van der Waals surface area (Å²) in [6.45, 7) is 8.33. The van der Waals surface area contributed by atoms with Gasteiger partial charge in [0, 0.05) is 16.6 Å². The van der Waals surface area contributed by atoms with Gasteiger partial charge in [-0.15, -0.1) is 11.3 Å². The summed E-state index contributed by atoms with van der Waals surface area (Å²) in [7, 11) is 1.60. The minimum Gasteiger partial charge on any atom is -0.497 e. The van der Waals surface area contributed by atoms with Crippen LogP contribution >= 0.6 is 11.3 Å². The van der Waals surface area contributed by atoms with Crippen molar-refractivity contribution in [3.63, 3.8) is 0 Å². The maximum absolute atomic E-state index is 12.1. The zero-order valence-corrected chi connectivity index (χ0v) is 15.0. The fourth-order valence-corrected chi connectivity index (χ4v) is 3.02. The number of nitrogens with one attached hydrogen (secondary N) is 2. The van der Waals surface area contributed by atoms with Gasteiger partial charge >= 0.3 is 0 Å². The third-order valence-corrected chi connectivity index (χ3v) is 5.00. The van der Waals surface area contributed by atoms with E-state index in [-0.39, 0.29) is 18.0 Å². The zero-order valence-electron chi connectivity index (χ0n) is 14.2. The molecule has 0 aliphatic rings. The minimum absolute atomic E-state index is 0.101. The van der Waals surface area contributed by atoms with Gasteiger partial charge in [-0.25, -0.2) is 4.98 Å². The highest BCUT2D eigenvalue weighted by atomic mass is 32.1. The lowest BCUT2D eigenvalue weighted by Crippen LogP contribution is -2.41. The van der Waals surface area contributed by atoms with Gasteiger partial charge in [0.1, 0.15) is 10.8 Å². The lowest BCUT2D eigenvalue weighted by atomic mass is 10.1. The van der Waals surface area contributed by atoms with Crippen LogP contribution in [0.15, 0.2) is 24.3 Å². The van der Waals surface area contributed by atoms with E-state index in [1.807, 2.05) is 39.0 Å². The van der Waals surface area contributed by atoms with Crippen molar-refractivity contribution in [2.45, 2.75) is 33.2 Å². The summed E-state index contributed by atoms with van der Waals surface area (Å²) >= 11 is 1.66. The van der Waals surface area contributed by atoms with Crippen molar-refractivity contribution in [1.29, 1.82) is 0 Å². The fourth-order valence-electron chi connectivity index (χ4n) is 2.02. The van der Waals surface area contributed by atoms with Crippen molar-refractivity contribution in [3.8, 4) is 5.75 Å². The van der Waals surface area contributed by atoms with Crippen LogP contribution < -0.4 is 15.4 Å². The van der Waals surface area contributed by atoms with Crippen LogP contribution in [-0.2, 0) is 10.3 Å². The molecule has 0 fully saturated rings. The molecule has 6 heteroatoms. The molecular formula is C17H23N3O2S. The van der Waals surface area contributed by atoms with Gasteiger partial charge in [0.2, 0.25) is 5.91 Å². The Labute approximate surface area is 141 Å². The molecule has 1 amide bonds. The molecule has 23 heavy (non-hydrogen) atoms. The molecular weight excluding hydrogens is 310 g/mol. The van der Waals surface area contributed by atoms with Crippen molar-refractivity contribution >= 4 is 22.9 Å². The molecule has 0 radical (unpaired) electrons. The van der Waals surface area contributed by atoms with Crippen LogP contribution in [0.3, 0.4) is 0 Å². The first-order valence-corrected chi connectivity index (χ1v) is 8.27. The van der Waals surface area contributed by atoms with Crippen molar-refractivity contribution in [2.24, 2.45) is 0 Å². The van der Waals surface area contributed by atoms with E-state index in [1.165, 1.54) is 4.88 Å². The summed E-state index contributed by atoms with van der Waals surface area (Å²) in [5, 5.41) is 7.12. The van der Waals surface area contributed by atoms with E-state index >= 15 is 0 Å². The van der Waals surface area contributed by atoms with Gasteiger partial charge in [-0.05, 0) is 39.8 Å². The summed E-state index contributed by atoms with van der Waals surface area (Å²) in [6.07, 6.45) is 0. The van der Waals surface area contributed by atoms with Crippen molar-refractivity contribution < 1.29 is 9.53 Å². The Morgan fingerprint density at radius 3 is 2.70 bits per heavy atom. The normalized spacial score (nSPS) is 11.3. The maximum atomic E-state index is 12.1. The number of ether oxygens (including phenoxy) is 1. The van der Waals surface area contributed by atoms with E-state index in [0.29, 0.717) is 5.75 Å². The van der Waals surface area contributed by atoms with E-state index < -0.39 is 0 Å². The monoisotopic (exact) mass is 333 g/mol. The Balaban J connectivity index is 1.95. The van der Waals surface area contributed by atoms with Gasteiger partial charge in [0.25, 0.3) is 0 Å². The second kappa shape index (κ2) is 7.10. The molecule has 0 spiro atoms. The molecule has 1 heterocycles. The number of thiazole rings is 1. The van der Waals surface area contributed by atoms with Crippen LogP contribution in [0, 0.1) is 13.8 Å². The number of amides is 1. The molecule has 0 aliphatic heterocycles. The number of carbonyl (C=O) groups excluding carboxylic acids is 1. The molecule has 0 saturated carbocycles. The van der Waals surface area contributed by atoms with Crippen LogP contribution in [0.4, 0.5) is 5.69 Å². The average Bonchev–Trinajstić information content (AvgIpc) is 2.86. The molecule has 0 bridgehead atoms. The van der Waals surface area contributed by atoms with Crippen molar-refractivity contribution in [3.05, 3.63) is 39.8 Å². The number of carbonyl (C=O) groups is 1. The summed E-state index contributed by atoms with van der Waals surface area (Å²) < 4.78 is 5.15. The Hall–Kier alpha value is -1.92. The van der Waals surface area contributed by atoms with E-state index in [4.69, 9.17) is 4.74 Å². The molecule has 0 unspecified atom stereocenters. The third-order valence-electron chi connectivity index (χ3n) is 3.61. The number of anilines is 1. The molecule has 1 aromatic carbocycles. The van der Waals surface area contributed by atoms with E-state index in [9.17, 15) is 4.79 Å². The fraction of sp³-hybridized carbons (Fsp3) is 0.412. The molecule has 124 valence electrons. The Morgan fingerprint density at radius 1 is 1.35 bits per heavy atom. The van der Waals surface area contributed by atoms with Crippen LogP contribution in [-0.4, -0.2) is 24.5 Å². The first-order valence-electron chi connectivity index (χ1n) is 7.45. The first-order chi connectivity index (χ1) is 10.8. The van der Waals surface area contributed by atoms with E-state index in [2.05, 4.69) is 22.5 Å². The van der Waals surface area contributed by atoms with Crippen LogP contribution in [0.1, 0.15) is 29.4 Å². The number of hydrogen-bond acceptors (Lipinski definition) is 5. The predicted molar refractivity (Wildman–Crippen MR) is 94.2 cm³/mol. The number of aryl methyl sites for hydroxylation is 2. The molecule has 0 aliphatic carbocycles. The second-order valence-electron chi connectivity index (χ2n) is 5.92. The number of methoxy groups -OCH3 is 1. The zero-order chi connectivity index (χ0) is 17.0. The summed E-state index contributed by atoms with van der Waals surface area (Å²) in [5.74, 6) is 0.612. The SMILES string of the molecule is COc1cccc(NC(=O)CNC(C)(C)c2nc(C)c(C)s2)c1.